The van der Waals surface area contributed by atoms with E-state index >= 15 is 0 Å². The first-order chi connectivity index (χ1) is 23.7. The molecule has 0 N–H and O–H groups in total. The van der Waals surface area contributed by atoms with E-state index in [4.69, 9.17) is 8.83 Å². The minimum atomic E-state index is -8.62. The van der Waals surface area contributed by atoms with Gasteiger partial charge in [0, 0.05) is 0 Å². The summed E-state index contributed by atoms with van der Waals surface area (Å²) in [6, 6.07) is 13.2. The van der Waals surface area contributed by atoms with Crippen LogP contribution in [0.1, 0.15) is 0 Å². The summed E-state index contributed by atoms with van der Waals surface area (Å²) in [5.41, 5.74) is -2.36. The average Bonchev–Trinajstić information content (AvgIpc) is 3.05. The van der Waals surface area contributed by atoms with Crippen molar-refractivity contribution in [2.45, 2.75) is 41.7 Å². The second-order valence-electron chi connectivity index (χ2n) is 10.6. The van der Waals surface area contributed by atoms with Crippen molar-refractivity contribution in [3.8, 4) is 0 Å². The Bertz CT molecular complexity index is 2330. The molecule has 0 aliphatic heterocycles. The molecule has 0 fully saturated rings. The van der Waals surface area contributed by atoms with Crippen molar-refractivity contribution < 1.29 is 82.6 Å². The van der Waals surface area contributed by atoms with Crippen LogP contribution in [0, 0.1) is 7.14 Å². The fourth-order valence-electron chi connectivity index (χ4n) is 4.45. The van der Waals surface area contributed by atoms with Crippen molar-refractivity contribution in [1.29, 1.82) is 0 Å². The van der Waals surface area contributed by atoms with E-state index in [0.717, 1.165) is 48.5 Å². The molecule has 2 heterocycles. The maximum atomic E-state index is 14.9. The topological polar surface area (TPSA) is 86.7 Å². The molecule has 0 bridgehead atoms. The number of carbonyl (C=O) groups is 1. The molecular weight excluding hydrogens is 868 g/mol. The SMILES string of the molecule is O=C(OI(c1ccc2ccc(=O)oc2c1)c1ccc2oc3ccccc3c(=O)c2c1)C(F)(F)C(F)(F)C(F)(F)C(F)(F)C(F)(F)C(F)(F)C(F)(F)F. The Hall–Kier alpha value is -4.51. The zero-order chi connectivity index (χ0) is 39.0. The van der Waals surface area contributed by atoms with Crippen LogP contribution in [-0.2, 0) is 7.86 Å². The van der Waals surface area contributed by atoms with Gasteiger partial charge in [-0.25, -0.2) is 0 Å². The Labute approximate surface area is 283 Å². The summed E-state index contributed by atoms with van der Waals surface area (Å²) < 4.78 is 221. The molecule has 0 radical (unpaired) electrons. The molecular formula is C30H12F15IO6. The quantitative estimate of drug-likeness (QED) is 0.0635. The Morgan fingerprint density at radius 2 is 1.06 bits per heavy atom. The Balaban J connectivity index is 1.63. The van der Waals surface area contributed by atoms with Crippen LogP contribution >= 0.6 is 20.2 Å². The van der Waals surface area contributed by atoms with Gasteiger partial charge in [-0.2, -0.15) is 0 Å². The number of fused-ring (bicyclic) bond motifs is 3. The normalized spacial score (nSPS) is 14.2. The first kappa shape index (κ1) is 38.7. The summed E-state index contributed by atoms with van der Waals surface area (Å²) in [7, 11) is 0. The van der Waals surface area contributed by atoms with E-state index in [9.17, 15) is 80.2 Å². The molecule has 52 heavy (non-hydrogen) atoms. The number of hydrogen-bond donors (Lipinski definition) is 0. The summed E-state index contributed by atoms with van der Waals surface area (Å²) in [5, 5.41) is -0.344. The minimum absolute atomic E-state index is 0.0391. The second kappa shape index (κ2) is 12.3. The number of hydrogen-bond acceptors (Lipinski definition) is 6. The van der Waals surface area contributed by atoms with E-state index < -0.39 is 86.1 Å². The molecule has 2 aromatic heterocycles. The Kier molecular flexibility index (Phi) is 9.15. The van der Waals surface area contributed by atoms with Gasteiger partial charge in [-0.3, -0.25) is 0 Å². The van der Waals surface area contributed by atoms with Gasteiger partial charge >= 0.3 is 284 Å². The molecule has 0 atom stereocenters. The molecule has 5 aromatic rings. The molecule has 6 nitrogen and oxygen atoms in total. The Morgan fingerprint density at radius 1 is 0.538 bits per heavy atom. The van der Waals surface area contributed by atoms with Crippen LogP contribution in [-0.4, -0.2) is 47.7 Å². The summed E-state index contributed by atoms with van der Waals surface area (Å²) in [6.07, 6.45) is -7.80. The first-order valence-electron chi connectivity index (χ1n) is 13.5. The summed E-state index contributed by atoms with van der Waals surface area (Å²) >= 11 is -4.78. The molecule has 280 valence electrons. The molecule has 0 saturated carbocycles. The summed E-state index contributed by atoms with van der Waals surface area (Å²) in [4.78, 5) is 37.5. The van der Waals surface area contributed by atoms with E-state index in [1.165, 1.54) is 24.3 Å². The third-order valence-corrected chi connectivity index (χ3v) is 11.7. The van der Waals surface area contributed by atoms with Gasteiger partial charge in [0.05, 0.1) is 0 Å². The molecule has 22 heteroatoms. The second-order valence-corrected chi connectivity index (χ2v) is 14.9. The van der Waals surface area contributed by atoms with Gasteiger partial charge < -0.3 is 0 Å². The van der Waals surface area contributed by atoms with Crippen molar-refractivity contribution in [2.24, 2.45) is 0 Å². The van der Waals surface area contributed by atoms with Gasteiger partial charge in [0.1, 0.15) is 0 Å². The zero-order valence-electron chi connectivity index (χ0n) is 24.4. The Morgan fingerprint density at radius 3 is 1.69 bits per heavy atom. The third-order valence-electron chi connectivity index (χ3n) is 7.25. The molecule has 0 aliphatic rings. The van der Waals surface area contributed by atoms with Crippen LogP contribution in [0.2, 0.25) is 0 Å². The number of para-hydroxylation sites is 1. The van der Waals surface area contributed by atoms with E-state index in [-0.39, 0.29) is 32.9 Å². The number of halogens is 16. The average molecular weight is 880 g/mol. The van der Waals surface area contributed by atoms with Crippen LogP contribution in [0.25, 0.3) is 32.9 Å². The predicted octanol–water partition coefficient (Wildman–Crippen LogP) is 9.43. The fourth-order valence-corrected chi connectivity index (χ4v) is 8.53. The van der Waals surface area contributed by atoms with Crippen molar-refractivity contribution in [1.82, 2.24) is 0 Å². The van der Waals surface area contributed by atoms with E-state index in [0.29, 0.717) is 0 Å². The monoisotopic (exact) mass is 880 g/mol. The van der Waals surface area contributed by atoms with Crippen molar-refractivity contribution in [3.05, 3.63) is 101 Å². The molecule has 5 rings (SSSR count). The zero-order valence-corrected chi connectivity index (χ0v) is 26.6. The van der Waals surface area contributed by atoms with E-state index in [1.54, 1.807) is 0 Å². The van der Waals surface area contributed by atoms with Crippen molar-refractivity contribution in [2.75, 3.05) is 0 Å². The van der Waals surface area contributed by atoms with Gasteiger partial charge in [0.2, 0.25) is 0 Å². The number of carbonyl (C=O) groups excluding carboxylic acids is 1. The summed E-state index contributed by atoms with van der Waals surface area (Å²) in [6.45, 7) is 0. The van der Waals surface area contributed by atoms with Crippen LogP contribution in [0.15, 0.2) is 91.2 Å². The van der Waals surface area contributed by atoms with Crippen LogP contribution in [0.3, 0.4) is 0 Å². The maximum absolute atomic E-state index is 14.9. The fraction of sp³-hybridized carbons (Fsp3) is 0.233. The van der Waals surface area contributed by atoms with E-state index in [2.05, 4.69) is 3.07 Å². The van der Waals surface area contributed by atoms with Crippen LogP contribution in [0.4, 0.5) is 65.9 Å². The number of benzene rings is 3. The molecule has 0 aliphatic carbocycles. The molecule has 0 saturated heterocycles. The van der Waals surface area contributed by atoms with Crippen LogP contribution < -0.4 is 11.1 Å². The predicted molar refractivity (Wildman–Crippen MR) is 156 cm³/mol. The molecule has 3 aromatic carbocycles. The number of rotatable bonds is 9. The van der Waals surface area contributed by atoms with Crippen molar-refractivity contribution in [3.63, 3.8) is 0 Å². The van der Waals surface area contributed by atoms with Gasteiger partial charge in [-0.1, -0.05) is 0 Å². The standard InChI is InChI=1S/C30H12F15IO6/c31-24(32,25(33,34)26(35,36)27(37,38)28(39,40)29(41,42)30(43,44)45)23(49)52-46(15-7-5-13-6-10-21(47)51-20(13)12-15)14-8-9-19-17(11-14)22(48)16-3-1-2-4-18(16)50-19/h1-12H. The van der Waals surface area contributed by atoms with Gasteiger partial charge in [-0.05, 0) is 0 Å². The van der Waals surface area contributed by atoms with Crippen molar-refractivity contribution >= 4 is 59.1 Å². The van der Waals surface area contributed by atoms with E-state index in [1.807, 2.05) is 0 Å². The third kappa shape index (κ3) is 5.72. The first-order valence-corrected chi connectivity index (χ1v) is 16.5. The van der Waals surface area contributed by atoms with Gasteiger partial charge in [0.25, 0.3) is 0 Å². The van der Waals surface area contributed by atoms with Gasteiger partial charge in [-0.15, -0.1) is 0 Å². The molecule has 0 unspecified atom stereocenters. The molecule has 0 spiro atoms. The number of alkyl halides is 15. The molecule has 0 amide bonds. The van der Waals surface area contributed by atoms with Gasteiger partial charge in [0.15, 0.2) is 0 Å². The van der Waals surface area contributed by atoms with Crippen LogP contribution in [0.5, 0.6) is 0 Å². The summed E-state index contributed by atoms with van der Waals surface area (Å²) in [5.74, 6) is -53.2.